The second-order valence-electron chi connectivity index (χ2n) is 4.92. The number of benzene rings is 1. The van der Waals surface area contributed by atoms with E-state index in [0.29, 0.717) is 0 Å². The Kier molecular flexibility index (Phi) is 5.96. The Morgan fingerprint density at radius 2 is 2.00 bits per heavy atom. The Bertz CT molecular complexity index is 539. The van der Waals surface area contributed by atoms with Crippen molar-refractivity contribution in [3.05, 3.63) is 58.3 Å². The molecule has 0 saturated heterocycles. The molecule has 1 aromatic carbocycles. The highest BCUT2D eigenvalue weighted by molar-refractivity contribution is 7.09. The summed E-state index contributed by atoms with van der Waals surface area (Å²) in [6, 6.07) is 13.7. The molecule has 0 aliphatic heterocycles. The van der Waals surface area contributed by atoms with Crippen molar-refractivity contribution in [3.63, 3.8) is 0 Å². The first-order valence-corrected chi connectivity index (χ1v) is 8.03. The molecule has 21 heavy (non-hydrogen) atoms. The standard InChI is InChI=1S/C17H21NO2S/c1-3-14(12-15-10-7-11-21-15)18-16(17(19)20-2)13-8-5-4-6-9-13/h4-11,14,16,18H,3,12H2,1-2H3/t14-,16-/m0/s1. The number of ether oxygens (including phenoxy) is 1. The Labute approximate surface area is 130 Å². The van der Waals surface area contributed by atoms with Crippen LogP contribution < -0.4 is 5.32 Å². The molecular formula is C17H21NO2S. The summed E-state index contributed by atoms with van der Waals surface area (Å²) in [5, 5.41) is 5.52. The third-order valence-corrected chi connectivity index (χ3v) is 4.39. The van der Waals surface area contributed by atoms with Crippen LogP contribution >= 0.6 is 11.3 Å². The van der Waals surface area contributed by atoms with Gasteiger partial charge in [-0.1, -0.05) is 43.3 Å². The number of hydrogen-bond donors (Lipinski definition) is 1. The number of methoxy groups -OCH3 is 1. The van der Waals surface area contributed by atoms with Gasteiger partial charge in [-0.2, -0.15) is 0 Å². The van der Waals surface area contributed by atoms with Gasteiger partial charge < -0.3 is 4.74 Å². The topological polar surface area (TPSA) is 38.3 Å². The van der Waals surface area contributed by atoms with E-state index in [1.165, 1.54) is 12.0 Å². The van der Waals surface area contributed by atoms with E-state index in [9.17, 15) is 4.79 Å². The van der Waals surface area contributed by atoms with Crippen molar-refractivity contribution in [1.82, 2.24) is 5.32 Å². The van der Waals surface area contributed by atoms with Gasteiger partial charge in [-0.3, -0.25) is 5.32 Å². The lowest BCUT2D eigenvalue weighted by Crippen LogP contribution is -2.38. The number of carbonyl (C=O) groups excluding carboxylic acids is 1. The minimum absolute atomic E-state index is 0.243. The normalized spacial score (nSPS) is 13.6. The van der Waals surface area contributed by atoms with E-state index in [4.69, 9.17) is 4.74 Å². The van der Waals surface area contributed by atoms with Crippen molar-refractivity contribution in [1.29, 1.82) is 0 Å². The van der Waals surface area contributed by atoms with E-state index in [-0.39, 0.29) is 12.0 Å². The van der Waals surface area contributed by atoms with Crippen molar-refractivity contribution in [2.24, 2.45) is 0 Å². The highest BCUT2D eigenvalue weighted by Crippen LogP contribution is 2.18. The third-order valence-electron chi connectivity index (χ3n) is 3.49. The van der Waals surface area contributed by atoms with Crippen molar-refractivity contribution < 1.29 is 9.53 Å². The highest BCUT2D eigenvalue weighted by Gasteiger charge is 2.24. The molecule has 0 spiro atoms. The summed E-state index contributed by atoms with van der Waals surface area (Å²) in [4.78, 5) is 13.4. The van der Waals surface area contributed by atoms with Crippen molar-refractivity contribution in [2.75, 3.05) is 7.11 Å². The van der Waals surface area contributed by atoms with Gasteiger partial charge in [0.25, 0.3) is 0 Å². The fourth-order valence-electron chi connectivity index (χ4n) is 2.29. The molecule has 4 heteroatoms. The molecule has 0 radical (unpaired) electrons. The number of nitrogens with one attached hydrogen (secondary N) is 1. The lowest BCUT2D eigenvalue weighted by atomic mass is 10.0. The van der Waals surface area contributed by atoms with Crippen LogP contribution in [0.15, 0.2) is 47.8 Å². The molecule has 0 aliphatic carbocycles. The first kappa shape index (κ1) is 15.7. The first-order chi connectivity index (χ1) is 10.2. The fraction of sp³-hybridized carbons (Fsp3) is 0.353. The molecule has 1 heterocycles. The lowest BCUT2D eigenvalue weighted by molar-refractivity contribution is -0.143. The molecule has 2 atom stereocenters. The molecule has 112 valence electrons. The van der Waals surface area contributed by atoms with Gasteiger partial charge in [-0.15, -0.1) is 11.3 Å². The molecule has 2 rings (SSSR count). The summed E-state index contributed by atoms with van der Waals surface area (Å²) in [5.41, 5.74) is 0.939. The average Bonchev–Trinajstić information content (AvgIpc) is 3.04. The summed E-state index contributed by atoms with van der Waals surface area (Å²) in [6.45, 7) is 2.13. The quantitative estimate of drug-likeness (QED) is 0.795. The van der Waals surface area contributed by atoms with Crippen LogP contribution in [0, 0.1) is 0 Å². The summed E-state index contributed by atoms with van der Waals surface area (Å²) in [5.74, 6) is -0.245. The molecule has 1 N–H and O–H groups in total. The van der Waals surface area contributed by atoms with E-state index in [2.05, 4.69) is 29.8 Å². The Morgan fingerprint density at radius 3 is 2.57 bits per heavy atom. The maximum absolute atomic E-state index is 12.1. The summed E-state index contributed by atoms with van der Waals surface area (Å²) in [7, 11) is 1.43. The molecule has 1 aromatic heterocycles. The van der Waals surface area contributed by atoms with Crippen molar-refractivity contribution >= 4 is 17.3 Å². The van der Waals surface area contributed by atoms with Crippen LogP contribution in [0.5, 0.6) is 0 Å². The van der Waals surface area contributed by atoms with Crippen LogP contribution in [0.25, 0.3) is 0 Å². The van der Waals surface area contributed by atoms with Gasteiger partial charge in [0.1, 0.15) is 6.04 Å². The van der Waals surface area contributed by atoms with Gasteiger partial charge in [0.2, 0.25) is 0 Å². The zero-order valence-electron chi connectivity index (χ0n) is 12.4. The van der Waals surface area contributed by atoms with Gasteiger partial charge in [0.15, 0.2) is 0 Å². The minimum Gasteiger partial charge on any atom is -0.468 e. The fourth-order valence-corrected chi connectivity index (χ4v) is 3.08. The Morgan fingerprint density at radius 1 is 1.24 bits per heavy atom. The van der Waals surface area contributed by atoms with Crippen molar-refractivity contribution in [2.45, 2.75) is 31.8 Å². The maximum atomic E-state index is 12.1. The number of esters is 1. The van der Waals surface area contributed by atoms with E-state index in [0.717, 1.165) is 18.4 Å². The smallest absolute Gasteiger partial charge is 0.327 e. The second kappa shape index (κ2) is 7.96. The van der Waals surface area contributed by atoms with Gasteiger partial charge in [-0.05, 0) is 29.9 Å². The average molecular weight is 303 g/mol. The predicted molar refractivity (Wildman–Crippen MR) is 86.4 cm³/mol. The third kappa shape index (κ3) is 4.41. The van der Waals surface area contributed by atoms with Gasteiger partial charge in [0.05, 0.1) is 7.11 Å². The summed E-state index contributed by atoms with van der Waals surface area (Å²) < 4.78 is 4.95. The van der Waals surface area contributed by atoms with Crippen LogP contribution in [-0.4, -0.2) is 19.1 Å². The van der Waals surface area contributed by atoms with Gasteiger partial charge in [-0.25, -0.2) is 4.79 Å². The molecule has 0 saturated carbocycles. The molecule has 0 unspecified atom stereocenters. The number of rotatable bonds is 7. The zero-order chi connectivity index (χ0) is 15.1. The van der Waals surface area contributed by atoms with Crippen LogP contribution in [0.3, 0.4) is 0 Å². The summed E-state index contributed by atoms with van der Waals surface area (Å²) >= 11 is 1.75. The molecule has 0 fully saturated rings. The molecule has 2 aromatic rings. The highest BCUT2D eigenvalue weighted by atomic mass is 32.1. The SMILES string of the molecule is CC[C@@H](Cc1cccs1)N[C@H](C(=O)OC)c1ccccc1. The largest absolute Gasteiger partial charge is 0.468 e. The van der Waals surface area contributed by atoms with Crippen LogP contribution in [-0.2, 0) is 16.0 Å². The molecule has 0 bridgehead atoms. The Hall–Kier alpha value is -1.65. The molecular weight excluding hydrogens is 282 g/mol. The maximum Gasteiger partial charge on any atom is 0.327 e. The lowest BCUT2D eigenvalue weighted by Gasteiger charge is -2.23. The second-order valence-corrected chi connectivity index (χ2v) is 5.95. The van der Waals surface area contributed by atoms with E-state index >= 15 is 0 Å². The summed E-state index contributed by atoms with van der Waals surface area (Å²) in [6.07, 6.45) is 1.88. The van der Waals surface area contributed by atoms with Crippen LogP contribution in [0.4, 0.5) is 0 Å². The Balaban J connectivity index is 2.11. The molecule has 3 nitrogen and oxygen atoms in total. The zero-order valence-corrected chi connectivity index (χ0v) is 13.2. The number of hydrogen-bond acceptors (Lipinski definition) is 4. The minimum atomic E-state index is -0.416. The van der Waals surface area contributed by atoms with E-state index < -0.39 is 6.04 Å². The van der Waals surface area contributed by atoms with E-state index in [1.807, 2.05) is 30.3 Å². The molecule has 0 amide bonds. The monoisotopic (exact) mass is 303 g/mol. The van der Waals surface area contributed by atoms with Gasteiger partial charge in [0, 0.05) is 10.9 Å². The van der Waals surface area contributed by atoms with Crippen LogP contribution in [0.2, 0.25) is 0 Å². The predicted octanol–water partition coefficient (Wildman–Crippen LogP) is 3.57. The van der Waals surface area contributed by atoms with Crippen molar-refractivity contribution in [3.8, 4) is 0 Å². The van der Waals surface area contributed by atoms with Crippen LogP contribution in [0.1, 0.15) is 29.8 Å². The first-order valence-electron chi connectivity index (χ1n) is 7.15. The number of carbonyl (C=O) groups is 1. The number of thiophene rings is 1. The van der Waals surface area contributed by atoms with E-state index in [1.54, 1.807) is 11.3 Å². The van der Waals surface area contributed by atoms with Gasteiger partial charge >= 0.3 is 5.97 Å². The molecule has 0 aliphatic rings.